The third-order valence-electron chi connectivity index (χ3n) is 5.59. The van der Waals surface area contributed by atoms with Gasteiger partial charge in [0.25, 0.3) is 5.91 Å². The minimum Gasteiger partial charge on any atom is -0.345 e. The van der Waals surface area contributed by atoms with Crippen LogP contribution in [0.2, 0.25) is 0 Å². The average molecular weight is 399 g/mol. The fraction of sp³-hybridized carbons (Fsp3) is 0.409. The first-order chi connectivity index (χ1) is 13.6. The van der Waals surface area contributed by atoms with Crippen LogP contribution >= 0.6 is 0 Å². The monoisotopic (exact) mass is 398 g/mol. The molecule has 2 aliphatic rings. The highest BCUT2D eigenvalue weighted by Gasteiger charge is 2.34. The second-order valence-electron chi connectivity index (χ2n) is 7.69. The lowest BCUT2D eigenvalue weighted by atomic mass is 10.0. The number of amides is 1. The van der Waals surface area contributed by atoms with Gasteiger partial charge in [-0.2, -0.15) is 4.31 Å². The molecule has 1 heterocycles. The minimum atomic E-state index is -3.55. The molecule has 28 heavy (non-hydrogen) atoms. The van der Waals surface area contributed by atoms with E-state index in [-0.39, 0.29) is 16.8 Å². The Hall–Kier alpha value is -2.18. The van der Waals surface area contributed by atoms with E-state index in [1.165, 1.54) is 10.4 Å². The van der Waals surface area contributed by atoms with Gasteiger partial charge in [0, 0.05) is 18.7 Å². The van der Waals surface area contributed by atoms with Gasteiger partial charge in [-0.3, -0.25) is 4.79 Å². The number of carbonyl (C=O) groups is 1. The van der Waals surface area contributed by atoms with Gasteiger partial charge in [0.2, 0.25) is 10.0 Å². The Labute approximate surface area is 166 Å². The zero-order valence-corrected chi connectivity index (χ0v) is 16.7. The third-order valence-corrected chi connectivity index (χ3v) is 7.48. The van der Waals surface area contributed by atoms with E-state index in [0.717, 1.165) is 37.7 Å². The van der Waals surface area contributed by atoms with Gasteiger partial charge in [-0.15, -0.1) is 0 Å². The fourth-order valence-electron chi connectivity index (χ4n) is 3.84. The van der Waals surface area contributed by atoms with Crippen LogP contribution in [0, 0.1) is 5.92 Å². The Kier molecular flexibility index (Phi) is 5.51. The van der Waals surface area contributed by atoms with Crippen LogP contribution in [0.5, 0.6) is 0 Å². The molecular weight excluding hydrogens is 372 g/mol. The van der Waals surface area contributed by atoms with E-state index in [1.807, 2.05) is 30.3 Å². The Balaban J connectivity index is 1.54. The largest absolute Gasteiger partial charge is 0.345 e. The molecule has 0 aromatic heterocycles. The van der Waals surface area contributed by atoms with E-state index in [0.29, 0.717) is 24.6 Å². The number of hydrogen-bond acceptors (Lipinski definition) is 3. The highest BCUT2D eigenvalue weighted by Crippen LogP contribution is 2.41. The van der Waals surface area contributed by atoms with Crippen molar-refractivity contribution in [1.29, 1.82) is 0 Å². The van der Waals surface area contributed by atoms with Crippen LogP contribution in [0.1, 0.15) is 54.1 Å². The van der Waals surface area contributed by atoms with Crippen LogP contribution in [0.25, 0.3) is 0 Å². The summed E-state index contributed by atoms with van der Waals surface area (Å²) in [5.74, 6) is 0.225. The van der Waals surface area contributed by atoms with Crippen LogP contribution < -0.4 is 5.32 Å². The number of carbonyl (C=O) groups excluding carboxylic acids is 1. The van der Waals surface area contributed by atoms with Crippen LogP contribution in [-0.4, -0.2) is 31.7 Å². The summed E-state index contributed by atoms with van der Waals surface area (Å²) in [6.07, 6.45) is 5.04. The van der Waals surface area contributed by atoms with E-state index in [4.69, 9.17) is 0 Å². The molecule has 6 heteroatoms. The van der Waals surface area contributed by atoms with E-state index >= 15 is 0 Å². The van der Waals surface area contributed by atoms with Gasteiger partial charge in [-0.1, -0.05) is 42.8 Å². The number of piperidine rings is 1. The third kappa shape index (κ3) is 4.13. The van der Waals surface area contributed by atoms with E-state index in [9.17, 15) is 13.2 Å². The van der Waals surface area contributed by atoms with Crippen molar-refractivity contribution in [3.63, 3.8) is 0 Å². The summed E-state index contributed by atoms with van der Waals surface area (Å²) in [5.41, 5.74) is 1.48. The van der Waals surface area contributed by atoms with Gasteiger partial charge in [0.15, 0.2) is 0 Å². The number of nitrogens with zero attached hydrogens (tertiary/aromatic N) is 1. The molecule has 1 aliphatic carbocycles. The maximum atomic E-state index is 12.9. The van der Waals surface area contributed by atoms with Crippen molar-refractivity contribution in [3.8, 4) is 0 Å². The fourth-order valence-corrected chi connectivity index (χ4v) is 5.40. The van der Waals surface area contributed by atoms with E-state index in [2.05, 4.69) is 5.32 Å². The standard InChI is InChI=1S/C22H26N2O3S/c25-22(23-21(18-12-13-18)17-8-3-1-4-9-17)19-10-7-11-20(16-19)28(26,27)24-14-5-2-6-15-24/h1,3-4,7-11,16,18,21H,2,5-6,12-15H2,(H,23,25). The molecule has 148 valence electrons. The normalized spacial score (nSPS) is 19.1. The zero-order valence-electron chi connectivity index (χ0n) is 15.9. The molecule has 1 saturated carbocycles. The van der Waals surface area contributed by atoms with Crippen LogP contribution in [0.15, 0.2) is 59.5 Å². The van der Waals surface area contributed by atoms with Gasteiger partial charge < -0.3 is 5.32 Å². The zero-order chi connectivity index (χ0) is 19.6. The molecule has 1 N–H and O–H groups in total. The lowest BCUT2D eigenvalue weighted by molar-refractivity contribution is 0.0931. The molecule has 1 amide bonds. The second kappa shape index (κ2) is 8.05. The van der Waals surface area contributed by atoms with Crippen molar-refractivity contribution in [1.82, 2.24) is 9.62 Å². The smallest absolute Gasteiger partial charge is 0.251 e. The molecule has 2 aromatic rings. The first-order valence-corrected chi connectivity index (χ1v) is 11.5. The van der Waals surface area contributed by atoms with E-state index in [1.54, 1.807) is 18.2 Å². The first kappa shape index (κ1) is 19.2. The molecular formula is C22H26N2O3S. The second-order valence-corrected chi connectivity index (χ2v) is 9.63. The Bertz CT molecular complexity index is 933. The summed E-state index contributed by atoms with van der Waals surface area (Å²) in [5, 5.41) is 3.12. The predicted octanol–water partition coefficient (Wildman–Crippen LogP) is 3.74. The molecule has 1 unspecified atom stereocenters. The van der Waals surface area contributed by atoms with E-state index < -0.39 is 10.0 Å². The van der Waals surface area contributed by atoms with Crippen molar-refractivity contribution in [2.45, 2.75) is 43.0 Å². The quantitative estimate of drug-likeness (QED) is 0.806. The molecule has 1 atom stereocenters. The lowest BCUT2D eigenvalue weighted by Gasteiger charge is -2.26. The number of nitrogens with one attached hydrogen (secondary N) is 1. The Morgan fingerprint density at radius 1 is 0.964 bits per heavy atom. The minimum absolute atomic E-state index is 0.0314. The maximum Gasteiger partial charge on any atom is 0.251 e. The molecule has 2 aromatic carbocycles. The molecule has 0 spiro atoms. The summed E-state index contributed by atoms with van der Waals surface area (Å²) in [6, 6.07) is 16.4. The average Bonchev–Trinajstić information content (AvgIpc) is 3.58. The van der Waals surface area contributed by atoms with Crippen molar-refractivity contribution >= 4 is 15.9 Å². The van der Waals surface area contributed by atoms with Crippen molar-refractivity contribution in [2.75, 3.05) is 13.1 Å². The molecule has 4 rings (SSSR count). The summed E-state index contributed by atoms with van der Waals surface area (Å²) in [7, 11) is -3.55. The predicted molar refractivity (Wildman–Crippen MR) is 108 cm³/mol. The van der Waals surface area contributed by atoms with Crippen molar-refractivity contribution < 1.29 is 13.2 Å². The van der Waals surface area contributed by atoms with Crippen LogP contribution in [0.3, 0.4) is 0 Å². The molecule has 2 fully saturated rings. The number of hydrogen-bond donors (Lipinski definition) is 1. The lowest BCUT2D eigenvalue weighted by Crippen LogP contribution is -2.35. The summed E-state index contributed by atoms with van der Waals surface area (Å²) < 4.78 is 27.4. The van der Waals surface area contributed by atoms with Crippen molar-refractivity contribution in [3.05, 3.63) is 65.7 Å². The molecule has 1 saturated heterocycles. The van der Waals surface area contributed by atoms with Gasteiger partial charge in [-0.25, -0.2) is 8.42 Å². The van der Waals surface area contributed by atoms with Gasteiger partial charge in [0.1, 0.15) is 0 Å². The number of benzene rings is 2. The summed E-state index contributed by atoms with van der Waals surface area (Å²) in [6.45, 7) is 1.10. The molecule has 1 aliphatic heterocycles. The summed E-state index contributed by atoms with van der Waals surface area (Å²) >= 11 is 0. The number of rotatable bonds is 6. The van der Waals surface area contributed by atoms with Gasteiger partial charge >= 0.3 is 0 Å². The highest BCUT2D eigenvalue weighted by molar-refractivity contribution is 7.89. The SMILES string of the molecule is O=C(NC(c1ccccc1)C1CC1)c1cccc(S(=O)(=O)N2CCCCC2)c1. The maximum absolute atomic E-state index is 12.9. The molecule has 0 bridgehead atoms. The van der Waals surface area contributed by atoms with Crippen LogP contribution in [0.4, 0.5) is 0 Å². The molecule has 0 radical (unpaired) electrons. The van der Waals surface area contributed by atoms with Crippen molar-refractivity contribution in [2.24, 2.45) is 5.92 Å². The molecule has 5 nitrogen and oxygen atoms in total. The first-order valence-electron chi connectivity index (χ1n) is 10.0. The number of sulfonamides is 1. The highest BCUT2D eigenvalue weighted by atomic mass is 32.2. The Morgan fingerprint density at radius 3 is 2.36 bits per heavy atom. The summed E-state index contributed by atoms with van der Waals surface area (Å²) in [4.78, 5) is 13.1. The Morgan fingerprint density at radius 2 is 1.68 bits per heavy atom. The van der Waals surface area contributed by atoms with Crippen LogP contribution in [-0.2, 0) is 10.0 Å². The van der Waals surface area contributed by atoms with Gasteiger partial charge in [0.05, 0.1) is 10.9 Å². The van der Waals surface area contributed by atoms with Gasteiger partial charge in [-0.05, 0) is 55.4 Å². The topological polar surface area (TPSA) is 66.5 Å².